The Bertz CT molecular complexity index is 2120. The second-order valence-corrected chi connectivity index (χ2v) is 18.0. The van der Waals surface area contributed by atoms with Crippen molar-refractivity contribution in [1.82, 2.24) is 0 Å². The number of hydrogen-bond donors (Lipinski definition) is 0. The van der Waals surface area contributed by atoms with Crippen LogP contribution in [0.5, 0.6) is 0 Å². The summed E-state index contributed by atoms with van der Waals surface area (Å²) in [7, 11) is 0. The Labute approximate surface area is 393 Å². The molecule has 0 amide bonds. The Morgan fingerprint density at radius 1 is 0.344 bits per heavy atom. The van der Waals surface area contributed by atoms with Crippen LogP contribution in [0.2, 0.25) is 0 Å². The topological polar surface area (TPSA) is 0 Å². The molecule has 0 heteroatoms. The molecule has 0 saturated heterocycles. The number of benzene rings is 5. The van der Waals surface area contributed by atoms with Gasteiger partial charge in [0.2, 0.25) is 0 Å². The predicted molar refractivity (Wildman–Crippen MR) is 284 cm³/mol. The lowest BCUT2D eigenvalue weighted by Crippen LogP contribution is -2.23. The van der Waals surface area contributed by atoms with Crippen LogP contribution in [0.15, 0.2) is 121 Å². The molecule has 0 aromatic heterocycles. The van der Waals surface area contributed by atoms with Crippen LogP contribution in [0.4, 0.5) is 0 Å². The minimum absolute atomic E-state index is 0.643. The highest BCUT2D eigenvalue weighted by Gasteiger charge is 2.31. The molecule has 344 valence electrons. The second-order valence-electron chi connectivity index (χ2n) is 18.0. The van der Waals surface area contributed by atoms with Crippen molar-refractivity contribution in [2.24, 2.45) is 11.8 Å². The molecule has 1 fully saturated rings. The third-order valence-electron chi connectivity index (χ3n) is 14.7. The standard InChI is InChI=1S/2C14H18.2C14H14.4C2H6/c4*1-3-7-13-11(5-1)9-10-12-6-2-4-8-14(12)13;4*1-2/h9-10H,1-8H2;1,3,5,7,12,14H,2,4,6,8-10H2;1,3,5,7,9-10H,2,4,6,8H2;1-8,11,13H,9-10H2;4*1-2H3. The maximum atomic E-state index is 2.40. The zero-order valence-electron chi connectivity index (χ0n) is 42.0. The van der Waals surface area contributed by atoms with Gasteiger partial charge in [-0.05, 0) is 200 Å². The van der Waals surface area contributed by atoms with E-state index in [-0.39, 0.29) is 0 Å². The lowest BCUT2D eigenvalue weighted by atomic mass is 9.68. The summed E-state index contributed by atoms with van der Waals surface area (Å²) in [5.74, 6) is 3.31. The third kappa shape index (κ3) is 13.0. The van der Waals surface area contributed by atoms with Gasteiger partial charge in [-0.3, -0.25) is 0 Å². The molecule has 5 aromatic rings. The van der Waals surface area contributed by atoms with Crippen molar-refractivity contribution in [2.45, 2.75) is 196 Å². The van der Waals surface area contributed by atoms with Gasteiger partial charge in [0, 0.05) is 5.92 Å². The predicted octanol–water partition coefficient (Wildman–Crippen LogP) is 18.6. The highest BCUT2D eigenvalue weighted by molar-refractivity contribution is 5.87. The van der Waals surface area contributed by atoms with Crippen LogP contribution in [0.25, 0.3) is 10.8 Å². The van der Waals surface area contributed by atoms with Crippen molar-refractivity contribution in [3.8, 4) is 0 Å². The minimum atomic E-state index is 0.643. The number of rotatable bonds is 0. The van der Waals surface area contributed by atoms with Crippen molar-refractivity contribution < 1.29 is 0 Å². The molecule has 7 aliphatic rings. The molecule has 12 rings (SSSR count). The van der Waals surface area contributed by atoms with E-state index >= 15 is 0 Å². The molecule has 0 spiro atoms. The number of fused-ring (bicyclic) bond motifs is 12. The van der Waals surface area contributed by atoms with E-state index in [4.69, 9.17) is 0 Å². The van der Waals surface area contributed by atoms with E-state index in [1.165, 1.54) is 139 Å². The summed E-state index contributed by atoms with van der Waals surface area (Å²) in [5, 5.41) is 2.87. The first kappa shape index (κ1) is 50.8. The van der Waals surface area contributed by atoms with Crippen molar-refractivity contribution >= 4 is 10.8 Å². The molecule has 0 nitrogen and oxygen atoms in total. The second kappa shape index (κ2) is 28.0. The molecule has 7 aliphatic carbocycles. The van der Waals surface area contributed by atoms with Gasteiger partial charge < -0.3 is 0 Å². The summed E-state index contributed by atoms with van der Waals surface area (Å²) in [6.45, 7) is 16.0. The molecule has 64 heavy (non-hydrogen) atoms. The van der Waals surface area contributed by atoms with Gasteiger partial charge in [0.05, 0.1) is 0 Å². The average molecular weight is 857 g/mol. The molecular formula is C64H88. The molecule has 0 radical (unpaired) electrons. The zero-order valence-corrected chi connectivity index (χ0v) is 42.0. The minimum Gasteiger partial charge on any atom is -0.0805 e. The van der Waals surface area contributed by atoms with Crippen molar-refractivity contribution in [1.29, 1.82) is 0 Å². The molecule has 5 aromatic carbocycles. The van der Waals surface area contributed by atoms with Crippen molar-refractivity contribution in [3.05, 3.63) is 177 Å². The van der Waals surface area contributed by atoms with E-state index in [0.29, 0.717) is 5.92 Å². The third-order valence-corrected chi connectivity index (χ3v) is 14.7. The summed E-state index contributed by atoms with van der Waals surface area (Å²) >= 11 is 0. The van der Waals surface area contributed by atoms with Gasteiger partial charge in [0.15, 0.2) is 0 Å². The van der Waals surface area contributed by atoms with E-state index < -0.39 is 0 Å². The van der Waals surface area contributed by atoms with E-state index in [0.717, 1.165) is 17.8 Å². The van der Waals surface area contributed by atoms with Gasteiger partial charge in [0.25, 0.3) is 0 Å². The molecule has 0 bridgehead atoms. The van der Waals surface area contributed by atoms with Gasteiger partial charge in [-0.1, -0.05) is 190 Å². The lowest BCUT2D eigenvalue weighted by molar-refractivity contribution is 0.275. The highest BCUT2D eigenvalue weighted by atomic mass is 14.4. The first-order chi connectivity index (χ1) is 31.8. The summed E-state index contributed by atoms with van der Waals surface area (Å²) in [5.41, 5.74) is 16.4. The van der Waals surface area contributed by atoms with E-state index in [2.05, 4.69) is 121 Å². The Balaban J connectivity index is 0.000000152. The van der Waals surface area contributed by atoms with Crippen LogP contribution in [-0.4, -0.2) is 0 Å². The molecular weight excluding hydrogens is 769 g/mol. The summed E-state index contributed by atoms with van der Waals surface area (Å²) < 4.78 is 0. The monoisotopic (exact) mass is 857 g/mol. The van der Waals surface area contributed by atoms with Crippen LogP contribution in [0, 0.1) is 11.8 Å². The van der Waals surface area contributed by atoms with Crippen molar-refractivity contribution in [2.75, 3.05) is 0 Å². The fourth-order valence-corrected chi connectivity index (χ4v) is 11.7. The summed E-state index contributed by atoms with van der Waals surface area (Å²) in [6, 6.07) is 36.1. The number of hydrogen-bond acceptors (Lipinski definition) is 0. The molecule has 4 atom stereocenters. The van der Waals surface area contributed by atoms with Crippen molar-refractivity contribution in [3.63, 3.8) is 0 Å². The van der Waals surface area contributed by atoms with Crippen LogP contribution in [0.3, 0.4) is 0 Å². The van der Waals surface area contributed by atoms with Gasteiger partial charge in [0.1, 0.15) is 0 Å². The van der Waals surface area contributed by atoms with E-state index in [9.17, 15) is 0 Å². The fourth-order valence-electron chi connectivity index (χ4n) is 11.7. The van der Waals surface area contributed by atoms with Gasteiger partial charge in [-0.15, -0.1) is 0 Å². The maximum absolute atomic E-state index is 2.40. The quantitative estimate of drug-likeness (QED) is 0.146. The smallest absolute Gasteiger partial charge is 0.00868 e. The maximum Gasteiger partial charge on any atom is 0.00868 e. The van der Waals surface area contributed by atoms with E-state index in [1.807, 2.05) is 55.4 Å². The highest BCUT2D eigenvalue weighted by Crippen LogP contribution is 2.45. The first-order valence-electron chi connectivity index (χ1n) is 26.9. The molecule has 0 N–H and O–H groups in total. The molecule has 0 heterocycles. The SMILES string of the molecule is C1=CC2CCc3ccccc3C2C=C1.CC.CC.CC.CC.c1cc2c(c3c1CCCC3)CCCC2.c1ccc2c(c1)CCC1CCCCC21.c1ccc2c3c(ccc2c1)CCCC3. The largest absolute Gasteiger partial charge is 0.0805 e. The number of aryl methyl sites for hydroxylation is 6. The Kier molecular flexibility index (Phi) is 22.2. The normalized spacial score (nSPS) is 21.0. The number of allylic oxidation sites excluding steroid dienone is 4. The Morgan fingerprint density at radius 3 is 1.50 bits per heavy atom. The van der Waals surface area contributed by atoms with Gasteiger partial charge >= 0.3 is 0 Å². The fraction of sp³-hybridized carbons (Fsp3) is 0.500. The van der Waals surface area contributed by atoms with Crippen LogP contribution in [-0.2, 0) is 51.4 Å². The lowest BCUT2D eigenvalue weighted by Gasteiger charge is -2.37. The first-order valence-corrected chi connectivity index (χ1v) is 26.9. The van der Waals surface area contributed by atoms with Crippen LogP contribution >= 0.6 is 0 Å². The van der Waals surface area contributed by atoms with Gasteiger partial charge in [-0.25, -0.2) is 0 Å². The summed E-state index contributed by atoms with van der Waals surface area (Å²) in [6.07, 6.45) is 36.6. The molecule has 0 aliphatic heterocycles. The van der Waals surface area contributed by atoms with Crippen LogP contribution < -0.4 is 0 Å². The van der Waals surface area contributed by atoms with Gasteiger partial charge in [-0.2, -0.15) is 0 Å². The summed E-state index contributed by atoms with van der Waals surface area (Å²) in [4.78, 5) is 0. The Morgan fingerprint density at radius 2 is 0.828 bits per heavy atom. The molecule has 4 unspecified atom stereocenters. The van der Waals surface area contributed by atoms with E-state index in [1.54, 1.807) is 55.6 Å². The average Bonchev–Trinajstić information content (AvgIpc) is 3.41. The molecule has 1 saturated carbocycles. The van der Waals surface area contributed by atoms with Crippen LogP contribution in [0.1, 0.15) is 200 Å². The zero-order chi connectivity index (χ0) is 45.5. The Hall–Kier alpha value is -4.16.